The van der Waals surface area contributed by atoms with E-state index in [4.69, 9.17) is 4.74 Å². The van der Waals surface area contributed by atoms with Gasteiger partial charge in [0, 0.05) is 47.2 Å². The molecule has 4 aromatic rings. The molecule has 0 saturated heterocycles. The summed E-state index contributed by atoms with van der Waals surface area (Å²) >= 11 is 0. The number of nitrogens with one attached hydrogen (secondary N) is 2. The van der Waals surface area contributed by atoms with E-state index < -0.39 is 0 Å². The van der Waals surface area contributed by atoms with Gasteiger partial charge >= 0.3 is 6.03 Å². The molecule has 0 saturated carbocycles. The van der Waals surface area contributed by atoms with Gasteiger partial charge in [0.15, 0.2) is 0 Å². The van der Waals surface area contributed by atoms with E-state index in [-0.39, 0.29) is 11.9 Å². The summed E-state index contributed by atoms with van der Waals surface area (Å²) in [7, 11) is 1.54. The number of nitrogens with zero attached hydrogens (tertiary/aromatic N) is 3. The molecule has 1 aliphatic heterocycles. The minimum Gasteiger partial charge on any atom is -0.497 e. The molecule has 1 aliphatic rings. The average molecular weight is 456 g/mol. The summed E-state index contributed by atoms with van der Waals surface area (Å²) in [6.45, 7) is 4.74. The Labute approximate surface area is 197 Å². The molecule has 2 aromatic carbocycles. The SMILES string of the molecule is CCN1C(=O)N(c2cc(OC)cc(C(=O)Nc3cccc(C)c3)c2)Cc2cnc3[nH]ccc3c21. The van der Waals surface area contributed by atoms with E-state index in [1.807, 2.05) is 50.4 Å². The number of hydrogen-bond donors (Lipinski definition) is 2. The largest absolute Gasteiger partial charge is 0.497 e. The van der Waals surface area contributed by atoms with Gasteiger partial charge in [0.25, 0.3) is 5.91 Å². The lowest BCUT2D eigenvalue weighted by Gasteiger charge is -2.37. The lowest BCUT2D eigenvalue weighted by molar-refractivity contribution is 0.102. The van der Waals surface area contributed by atoms with Crippen molar-refractivity contribution in [3.05, 3.63) is 77.6 Å². The molecule has 8 nitrogen and oxygen atoms in total. The number of fused-ring (bicyclic) bond motifs is 3. The van der Waals surface area contributed by atoms with Crippen LogP contribution in [0.4, 0.5) is 21.9 Å². The minimum atomic E-state index is -0.279. The van der Waals surface area contributed by atoms with Crippen molar-refractivity contribution in [2.45, 2.75) is 20.4 Å². The number of amides is 3. The molecule has 0 unspecified atom stereocenters. The summed E-state index contributed by atoms with van der Waals surface area (Å²) in [5, 5.41) is 3.84. The Kier molecular flexibility index (Phi) is 5.41. The highest BCUT2D eigenvalue weighted by atomic mass is 16.5. The number of rotatable bonds is 5. The van der Waals surface area contributed by atoms with Crippen molar-refractivity contribution in [3.63, 3.8) is 0 Å². The summed E-state index contributed by atoms with van der Waals surface area (Å²) in [6.07, 6.45) is 3.62. The molecule has 0 aliphatic carbocycles. The highest BCUT2D eigenvalue weighted by molar-refractivity contribution is 6.12. The number of urea groups is 1. The Balaban J connectivity index is 1.53. The number of H-pyrrole nitrogens is 1. The zero-order chi connectivity index (χ0) is 23.8. The second kappa shape index (κ2) is 8.55. The second-order valence-electron chi connectivity index (χ2n) is 8.23. The van der Waals surface area contributed by atoms with E-state index in [0.717, 1.165) is 27.8 Å². The standard InChI is InChI=1S/C26H25N5O3/c1-4-30-23-18(14-28-24-22(23)8-9-27-24)15-31(26(30)33)20-11-17(12-21(13-20)34-3)25(32)29-19-7-5-6-16(2)10-19/h5-14H,4,15H2,1-3H3,(H,27,28)(H,29,32). The molecule has 34 heavy (non-hydrogen) atoms. The van der Waals surface area contributed by atoms with Crippen LogP contribution < -0.4 is 19.9 Å². The number of hydrogen-bond acceptors (Lipinski definition) is 4. The maximum absolute atomic E-state index is 13.6. The maximum atomic E-state index is 13.6. The molecular weight excluding hydrogens is 430 g/mol. The van der Waals surface area contributed by atoms with Crippen LogP contribution >= 0.6 is 0 Å². The third-order valence-corrected chi connectivity index (χ3v) is 5.99. The summed E-state index contributed by atoms with van der Waals surface area (Å²) < 4.78 is 5.46. The molecule has 172 valence electrons. The number of carbonyl (C=O) groups is 2. The third-order valence-electron chi connectivity index (χ3n) is 5.99. The van der Waals surface area contributed by atoms with Gasteiger partial charge in [-0.25, -0.2) is 9.78 Å². The van der Waals surface area contributed by atoms with E-state index >= 15 is 0 Å². The van der Waals surface area contributed by atoms with Gasteiger partial charge < -0.3 is 15.0 Å². The first-order chi connectivity index (χ1) is 16.5. The van der Waals surface area contributed by atoms with Gasteiger partial charge in [-0.3, -0.25) is 14.6 Å². The first kappa shape index (κ1) is 21.5. The van der Waals surface area contributed by atoms with E-state index in [1.165, 1.54) is 0 Å². The van der Waals surface area contributed by atoms with Crippen LogP contribution in [0.25, 0.3) is 11.0 Å². The Morgan fingerprint density at radius 3 is 2.82 bits per heavy atom. The van der Waals surface area contributed by atoms with E-state index in [9.17, 15) is 9.59 Å². The first-order valence-corrected chi connectivity index (χ1v) is 11.1. The molecule has 3 amide bonds. The van der Waals surface area contributed by atoms with Crippen molar-refractivity contribution in [3.8, 4) is 5.75 Å². The molecule has 5 rings (SSSR count). The van der Waals surface area contributed by atoms with E-state index in [0.29, 0.717) is 35.8 Å². The molecule has 8 heteroatoms. The van der Waals surface area contributed by atoms with Crippen LogP contribution in [0, 0.1) is 6.92 Å². The van der Waals surface area contributed by atoms with Crippen molar-refractivity contribution in [2.24, 2.45) is 0 Å². The van der Waals surface area contributed by atoms with Gasteiger partial charge in [0.2, 0.25) is 0 Å². The number of aryl methyl sites for hydroxylation is 1. The van der Waals surface area contributed by atoms with E-state index in [2.05, 4.69) is 15.3 Å². The molecule has 0 fully saturated rings. The fourth-order valence-electron chi connectivity index (χ4n) is 4.36. The number of ether oxygens (including phenoxy) is 1. The first-order valence-electron chi connectivity index (χ1n) is 11.1. The molecule has 0 radical (unpaired) electrons. The number of benzene rings is 2. The van der Waals surface area contributed by atoms with Crippen LogP contribution in [0.3, 0.4) is 0 Å². The highest BCUT2D eigenvalue weighted by Gasteiger charge is 2.33. The smallest absolute Gasteiger partial charge is 0.329 e. The number of anilines is 3. The van der Waals surface area contributed by atoms with Crippen LogP contribution in [-0.4, -0.2) is 35.6 Å². The van der Waals surface area contributed by atoms with Crippen LogP contribution in [0.1, 0.15) is 28.4 Å². The minimum absolute atomic E-state index is 0.165. The molecular formula is C26H25N5O3. The Morgan fingerprint density at radius 1 is 1.21 bits per heavy atom. The molecule has 2 N–H and O–H groups in total. The van der Waals surface area contributed by atoms with Crippen molar-refractivity contribution in [2.75, 3.05) is 28.8 Å². The number of pyridine rings is 1. The van der Waals surface area contributed by atoms with Gasteiger partial charge in [-0.15, -0.1) is 0 Å². The number of methoxy groups -OCH3 is 1. The zero-order valence-corrected chi connectivity index (χ0v) is 19.3. The third kappa shape index (κ3) is 3.73. The Hall–Kier alpha value is -4.33. The van der Waals surface area contributed by atoms with Crippen molar-refractivity contribution >= 4 is 40.0 Å². The van der Waals surface area contributed by atoms with Crippen LogP contribution in [0.15, 0.2) is 60.9 Å². The fraction of sp³-hybridized carbons (Fsp3) is 0.192. The van der Waals surface area contributed by atoms with Gasteiger partial charge in [0.05, 0.1) is 25.0 Å². The van der Waals surface area contributed by atoms with Gasteiger partial charge in [-0.1, -0.05) is 12.1 Å². The normalized spacial score (nSPS) is 13.2. The van der Waals surface area contributed by atoms with Gasteiger partial charge in [-0.2, -0.15) is 0 Å². The molecule has 0 spiro atoms. The van der Waals surface area contributed by atoms with E-state index in [1.54, 1.807) is 41.3 Å². The fourth-order valence-corrected chi connectivity index (χ4v) is 4.36. The molecule has 0 bridgehead atoms. The molecule has 0 atom stereocenters. The zero-order valence-electron chi connectivity index (χ0n) is 19.3. The number of carbonyl (C=O) groups excluding carboxylic acids is 2. The monoisotopic (exact) mass is 455 g/mol. The topological polar surface area (TPSA) is 90.6 Å². The Bertz CT molecular complexity index is 1410. The number of aromatic nitrogens is 2. The lowest BCUT2D eigenvalue weighted by Crippen LogP contribution is -2.47. The Morgan fingerprint density at radius 2 is 2.06 bits per heavy atom. The summed E-state index contributed by atoms with van der Waals surface area (Å²) in [5.74, 6) is 0.214. The number of aromatic amines is 1. The summed E-state index contributed by atoms with van der Waals surface area (Å²) in [5.41, 5.74) is 5.28. The quantitative estimate of drug-likeness (QED) is 0.438. The predicted octanol–water partition coefficient (Wildman–Crippen LogP) is 5.10. The van der Waals surface area contributed by atoms with Crippen molar-refractivity contribution in [1.29, 1.82) is 0 Å². The second-order valence-corrected chi connectivity index (χ2v) is 8.23. The van der Waals surface area contributed by atoms with Crippen molar-refractivity contribution < 1.29 is 14.3 Å². The predicted molar refractivity (Wildman–Crippen MR) is 133 cm³/mol. The van der Waals surface area contributed by atoms with Crippen LogP contribution in [-0.2, 0) is 6.54 Å². The van der Waals surface area contributed by atoms with Crippen LogP contribution in [0.2, 0.25) is 0 Å². The average Bonchev–Trinajstić information content (AvgIpc) is 3.32. The van der Waals surface area contributed by atoms with Crippen LogP contribution in [0.5, 0.6) is 5.75 Å². The van der Waals surface area contributed by atoms with Gasteiger partial charge in [-0.05, 0) is 49.7 Å². The van der Waals surface area contributed by atoms with Crippen molar-refractivity contribution in [1.82, 2.24) is 9.97 Å². The lowest BCUT2D eigenvalue weighted by atomic mass is 10.1. The maximum Gasteiger partial charge on any atom is 0.329 e. The van der Waals surface area contributed by atoms with Gasteiger partial charge in [0.1, 0.15) is 11.4 Å². The highest BCUT2D eigenvalue weighted by Crippen LogP contribution is 2.37. The summed E-state index contributed by atoms with van der Waals surface area (Å²) in [6, 6.07) is 14.5. The molecule has 2 aromatic heterocycles. The molecule has 3 heterocycles. The summed E-state index contributed by atoms with van der Waals surface area (Å²) in [4.78, 5) is 37.6.